The molecular formula is C11H7Cl2N3O2. The van der Waals surface area contributed by atoms with Gasteiger partial charge in [-0.1, -0.05) is 28.4 Å². The highest BCUT2D eigenvalue weighted by atomic mass is 35.5. The fourth-order valence-electron chi connectivity index (χ4n) is 1.55. The Morgan fingerprint density at radius 1 is 1.33 bits per heavy atom. The number of halogens is 2. The summed E-state index contributed by atoms with van der Waals surface area (Å²) in [4.78, 5) is 0. The minimum Gasteiger partial charge on any atom is -0.486 e. The Morgan fingerprint density at radius 2 is 2.22 bits per heavy atom. The van der Waals surface area contributed by atoms with Crippen LogP contribution in [-0.4, -0.2) is 15.4 Å². The molecule has 0 unspecified atom stereocenters. The third-order valence-electron chi connectivity index (χ3n) is 2.43. The Kier molecular flexibility index (Phi) is 2.85. The van der Waals surface area contributed by atoms with Gasteiger partial charge in [-0.05, 0) is 6.07 Å². The number of aromatic nitrogens is 3. The van der Waals surface area contributed by atoms with Crippen molar-refractivity contribution >= 4 is 34.1 Å². The van der Waals surface area contributed by atoms with Crippen LogP contribution < -0.4 is 4.74 Å². The lowest BCUT2D eigenvalue weighted by atomic mass is 10.2. The van der Waals surface area contributed by atoms with E-state index < -0.39 is 0 Å². The first-order valence-corrected chi connectivity index (χ1v) is 5.85. The molecule has 0 aliphatic heterocycles. The second-order valence-corrected chi connectivity index (χ2v) is 4.40. The van der Waals surface area contributed by atoms with Gasteiger partial charge in [-0.2, -0.15) is 5.10 Å². The zero-order valence-corrected chi connectivity index (χ0v) is 10.5. The summed E-state index contributed by atoms with van der Waals surface area (Å²) < 4.78 is 10.3. The van der Waals surface area contributed by atoms with Crippen LogP contribution >= 0.6 is 23.2 Å². The molecule has 0 fully saturated rings. The van der Waals surface area contributed by atoms with Gasteiger partial charge in [-0.25, -0.2) is 0 Å². The maximum absolute atomic E-state index is 6.10. The molecule has 0 atom stereocenters. The second-order valence-electron chi connectivity index (χ2n) is 3.62. The van der Waals surface area contributed by atoms with Gasteiger partial charge in [0, 0.05) is 17.5 Å². The number of benzene rings is 1. The molecule has 92 valence electrons. The summed E-state index contributed by atoms with van der Waals surface area (Å²) >= 11 is 12.0. The summed E-state index contributed by atoms with van der Waals surface area (Å²) in [6.07, 6.45) is 1.48. The van der Waals surface area contributed by atoms with Crippen molar-refractivity contribution in [3.05, 3.63) is 40.3 Å². The fraction of sp³-hybridized carbons (Fsp3) is 0.0909. The number of hydrogen-bond donors (Lipinski definition) is 1. The molecule has 1 aromatic carbocycles. The van der Waals surface area contributed by atoms with Gasteiger partial charge in [0.05, 0.1) is 10.5 Å². The SMILES string of the molecule is Clc1cc2c(Cl)[nH]nc2cc1OCc1ccon1. The lowest BCUT2D eigenvalue weighted by Gasteiger charge is -2.05. The standard InChI is InChI=1S/C11H7Cl2N3O2/c12-8-3-7-9(14-15-11(7)13)4-10(8)17-5-6-1-2-18-16-6/h1-4H,5H2,(H,14,15). The molecule has 0 saturated carbocycles. The van der Waals surface area contributed by atoms with Crippen molar-refractivity contribution < 1.29 is 9.26 Å². The molecule has 2 heterocycles. The molecule has 0 amide bonds. The van der Waals surface area contributed by atoms with Gasteiger partial charge in [-0.15, -0.1) is 0 Å². The van der Waals surface area contributed by atoms with E-state index in [-0.39, 0.29) is 6.61 Å². The van der Waals surface area contributed by atoms with Gasteiger partial charge in [0.1, 0.15) is 29.5 Å². The average Bonchev–Trinajstić information content (AvgIpc) is 2.98. The normalized spacial score (nSPS) is 11.0. The fourth-order valence-corrected chi connectivity index (χ4v) is 1.97. The highest BCUT2D eigenvalue weighted by molar-refractivity contribution is 6.36. The number of fused-ring (bicyclic) bond motifs is 1. The molecule has 3 rings (SSSR count). The van der Waals surface area contributed by atoms with Crippen molar-refractivity contribution in [1.82, 2.24) is 15.4 Å². The summed E-state index contributed by atoms with van der Waals surface area (Å²) in [7, 11) is 0. The van der Waals surface area contributed by atoms with E-state index in [4.69, 9.17) is 32.5 Å². The number of hydrogen-bond acceptors (Lipinski definition) is 4. The zero-order chi connectivity index (χ0) is 12.5. The van der Waals surface area contributed by atoms with Crippen molar-refractivity contribution in [3.8, 4) is 5.75 Å². The van der Waals surface area contributed by atoms with Crippen LogP contribution in [0.4, 0.5) is 0 Å². The van der Waals surface area contributed by atoms with Crippen LogP contribution in [0, 0.1) is 0 Å². The number of ether oxygens (including phenoxy) is 1. The summed E-state index contributed by atoms with van der Waals surface area (Å²) in [5.74, 6) is 0.523. The number of aromatic amines is 1. The largest absolute Gasteiger partial charge is 0.486 e. The summed E-state index contributed by atoms with van der Waals surface area (Å²) in [5.41, 5.74) is 1.38. The van der Waals surface area contributed by atoms with E-state index in [0.717, 1.165) is 5.39 Å². The Hall–Kier alpha value is -1.72. The lowest BCUT2D eigenvalue weighted by Crippen LogP contribution is -1.96. The van der Waals surface area contributed by atoms with Crippen LogP contribution in [-0.2, 0) is 6.61 Å². The molecule has 1 N–H and O–H groups in total. The summed E-state index contributed by atoms with van der Waals surface area (Å²) in [6, 6.07) is 5.15. The Labute approximate surface area is 112 Å². The molecule has 0 saturated heterocycles. The molecule has 3 aromatic rings. The molecule has 0 aliphatic rings. The molecule has 18 heavy (non-hydrogen) atoms. The maximum atomic E-state index is 6.10. The highest BCUT2D eigenvalue weighted by Gasteiger charge is 2.10. The Morgan fingerprint density at radius 3 is 3.00 bits per heavy atom. The number of nitrogens with one attached hydrogen (secondary N) is 1. The molecule has 0 spiro atoms. The van der Waals surface area contributed by atoms with Gasteiger partial charge in [0.15, 0.2) is 0 Å². The first-order chi connectivity index (χ1) is 8.74. The van der Waals surface area contributed by atoms with E-state index in [1.54, 1.807) is 18.2 Å². The van der Waals surface area contributed by atoms with Gasteiger partial charge < -0.3 is 9.26 Å². The number of nitrogens with zero attached hydrogens (tertiary/aromatic N) is 2. The van der Waals surface area contributed by atoms with Gasteiger partial charge in [0.25, 0.3) is 0 Å². The van der Waals surface area contributed by atoms with E-state index >= 15 is 0 Å². The number of rotatable bonds is 3. The van der Waals surface area contributed by atoms with Crippen molar-refractivity contribution in [2.75, 3.05) is 0 Å². The molecule has 0 bridgehead atoms. The van der Waals surface area contributed by atoms with Crippen molar-refractivity contribution in [2.45, 2.75) is 6.61 Å². The second kappa shape index (κ2) is 4.51. The number of H-pyrrole nitrogens is 1. The molecule has 2 aromatic heterocycles. The smallest absolute Gasteiger partial charge is 0.140 e. The molecule has 5 nitrogen and oxygen atoms in total. The van der Waals surface area contributed by atoms with Crippen molar-refractivity contribution in [2.24, 2.45) is 0 Å². The minimum absolute atomic E-state index is 0.278. The molecular weight excluding hydrogens is 277 g/mol. The Balaban J connectivity index is 1.89. The molecule has 0 radical (unpaired) electrons. The third kappa shape index (κ3) is 2.02. The van der Waals surface area contributed by atoms with Crippen molar-refractivity contribution in [1.29, 1.82) is 0 Å². The highest BCUT2D eigenvalue weighted by Crippen LogP contribution is 2.32. The van der Waals surface area contributed by atoms with Crippen LogP contribution in [0.5, 0.6) is 5.75 Å². The van der Waals surface area contributed by atoms with Crippen molar-refractivity contribution in [3.63, 3.8) is 0 Å². The van der Waals surface area contributed by atoms with Crippen LogP contribution in [0.2, 0.25) is 10.2 Å². The molecule has 7 heteroatoms. The van der Waals surface area contributed by atoms with E-state index in [2.05, 4.69) is 15.4 Å². The van der Waals surface area contributed by atoms with Gasteiger partial charge in [-0.3, -0.25) is 5.10 Å². The predicted octanol–water partition coefficient (Wildman–Crippen LogP) is 3.44. The van der Waals surface area contributed by atoms with E-state index in [0.29, 0.717) is 27.1 Å². The van der Waals surface area contributed by atoms with Gasteiger partial charge in [0.2, 0.25) is 0 Å². The maximum Gasteiger partial charge on any atom is 0.140 e. The monoisotopic (exact) mass is 283 g/mol. The Bertz CT molecular complexity index is 679. The molecule has 0 aliphatic carbocycles. The topological polar surface area (TPSA) is 63.9 Å². The van der Waals surface area contributed by atoms with Crippen LogP contribution in [0.15, 0.2) is 29.0 Å². The van der Waals surface area contributed by atoms with Gasteiger partial charge >= 0.3 is 0 Å². The zero-order valence-electron chi connectivity index (χ0n) is 8.98. The first-order valence-electron chi connectivity index (χ1n) is 5.09. The van der Waals surface area contributed by atoms with E-state index in [9.17, 15) is 0 Å². The van der Waals surface area contributed by atoms with Crippen LogP contribution in [0.25, 0.3) is 10.9 Å². The van der Waals surface area contributed by atoms with Crippen LogP contribution in [0.1, 0.15) is 5.69 Å². The third-order valence-corrected chi connectivity index (χ3v) is 3.01. The summed E-state index contributed by atoms with van der Waals surface area (Å²) in [5, 5.41) is 12.1. The quantitative estimate of drug-likeness (QED) is 0.800. The predicted molar refractivity (Wildman–Crippen MR) is 66.9 cm³/mol. The minimum atomic E-state index is 0.278. The lowest BCUT2D eigenvalue weighted by molar-refractivity contribution is 0.290. The van der Waals surface area contributed by atoms with E-state index in [1.807, 2.05) is 0 Å². The first kappa shape index (κ1) is 11.4. The van der Waals surface area contributed by atoms with E-state index in [1.165, 1.54) is 6.26 Å². The average molecular weight is 284 g/mol. The summed E-state index contributed by atoms with van der Waals surface area (Å²) in [6.45, 7) is 0.278. The van der Waals surface area contributed by atoms with Crippen LogP contribution in [0.3, 0.4) is 0 Å².